The lowest BCUT2D eigenvalue weighted by molar-refractivity contribution is 0.580. The standard InChI is InChI=1S/C16H15ClN4O2S/c17-16-7-6-15(11-18-16)24(22,23)20-10-13-4-1-2-5-14(13)12-21-9-3-8-19-21/h1-9,11,20H,10,12H2. The number of nitrogens with one attached hydrogen (secondary N) is 1. The van der Waals surface area contributed by atoms with E-state index >= 15 is 0 Å². The van der Waals surface area contributed by atoms with E-state index in [1.165, 1.54) is 18.3 Å². The highest BCUT2D eigenvalue weighted by atomic mass is 35.5. The Balaban J connectivity index is 1.75. The fourth-order valence-electron chi connectivity index (χ4n) is 2.23. The van der Waals surface area contributed by atoms with Gasteiger partial charge in [-0.05, 0) is 29.3 Å². The highest BCUT2D eigenvalue weighted by molar-refractivity contribution is 7.89. The fraction of sp³-hybridized carbons (Fsp3) is 0.125. The molecule has 0 saturated heterocycles. The number of benzene rings is 1. The van der Waals surface area contributed by atoms with E-state index in [-0.39, 0.29) is 16.6 Å². The van der Waals surface area contributed by atoms with Gasteiger partial charge in [-0.3, -0.25) is 4.68 Å². The average molecular weight is 363 g/mol. The molecule has 24 heavy (non-hydrogen) atoms. The van der Waals surface area contributed by atoms with Gasteiger partial charge in [0.25, 0.3) is 0 Å². The van der Waals surface area contributed by atoms with E-state index in [2.05, 4.69) is 14.8 Å². The Bertz CT molecular complexity index is 910. The van der Waals surface area contributed by atoms with Crippen molar-refractivity contribution in [3.63, 3.8) is 0 Å². The van der Waals surface area contributed by atoms with Crippen LogP contribution in [0, 0.1) is 0 Å². The van der Waals surface area contributed by atoms with Gasteiger partial charge in [-0.2, -0.15) is 5.10 Å². The Morgan fingerprint density at radius 2 is 1.88 bits per heavy atom. The summed E-state index contributed by atoms with van der Waals surface area (Å²) >= 11 is 5.69. The molecule has 0 aliphatic rings. The number of halogens is 1. The smallest absolute Gasteiger partial charge is 0.242 e. The molecule has 0 radical (unpaired) electrons. The number of hydrogen-bond acceptors (Lipinski definition) is 4. The van der Waals surface area contributed by atoms with Crippen LogP contribution >= 0.6 is 11.6 Å². The third-order valence-corrected chi connectivity index (χ3v) is 5.08. The van der Waals surface area contributed by atoms with Crippen LogP contribution in [0.1, 0.15) is 11.1 Å². The molecule has 2 aromatic heterocycles. The van der Waals surface area contributed by atoms with E-state index < -0.39 is 10.0 Å². The summed E-state index contributed by atoms with van der Waals surface area (Å²) in [5.41, 5.74) is 1.89. The first kappa shape index (κ1) is 16.6. The fourth-order valence-corrected chi connectivity index (χ4v) is 3.29. The molecule has 6 nitrogen and oxygen atoms in total. The van der Waals surface area contributed by atoms with Gasteiger partial charge in [0.2, 0.25) is 10.0 Å². The summed E-state index contributed by atoms with van der Waals surface area (Å²) in [6.45, 7) is 0.760. The first-order valence-electron chi connectivity index (χ1n) is 7.20. The molecule has 0 bridgehead atoms. The summed E-state index contributed by atoms with van der Waals surface area (Å²) in [6.07, 6.45) is 4.81. The Morgan fingerprint density at radius 3 is 2.54 bits per heavy atom. The Morgan fingerprint density at radius 1 is 1.08 bits per heavy atom. The molecule has 0 unspecified atom stereocenters. The normalized spacial score (nSPS) is 11.5. The molecular formula is C16H15ClN4O2S. The van der Waals surface area contributed by atoms with Crippen LogP contribution in [0.2, 0.25) is 5.15 Å². The summed E-state index contributed by atoms with van der Waals surface area (Å²) in [4.78, 5) is 3.88. The van der Waals surface area contributed by atoms with Crippen molar-refractivity contribution in [2.45, 2.75) is 18.0 Å². The van der Waals surface area contributed by atoms with Crippen LogP contribution in [0.5, 0.6) is 0 Å². The number of hydrogen-bond donors (Lipinski definition) is 1. The van der Waals surface area contributed by atoms with Crippen molar-refractivity contribution in [3.05, 3.63) is 77.3 Å². The van der Waals surface area contributed by atoms with E-state index in [0.717, 1.165) is 11.1 Å². The predicted molar refractivity (Wildman–Crippen MR) is 91.0 cm³/mol. The molecule has 8 heteroatoms. The minimum absolute atomic E-state index is 0.0801. The maximum Gasteiger partial charge on any atom is 0.242 e. The molecule has 0 atom stereocenters. The van der Waals surface area contributed by atoms with Crippen molar-refractivity contribution >= 4 is 21.6 Å². The van der Waals surface area contributed by atoms with Crippen LogP contribution in [-0.4, -0.2) is 23.2 Å². The van der Waals surface area contributed by atoms with Gasteiger partial charge in [-0.25, -0.2) is 18.1 Å². The number of nitrogens with zero attached hydrogens (tertiary/aromatic N) is 3. The summed E-state index contributed by atoms with van der Waals surface area (Å²) < 4.78 is 29.0. The summed E-state index contributed by atoms with van der Waals surface area (Å²) in [5, 5.41) is 4.42. The van der Waals surface area contributed by atoms with Gasteiger partial charge in [0, 0.05) is 25.1 Å². The lowest BCUT2D eigenvalue weighted by Gasteiger charge is -2.11. The highest BCUT2D eigenvalue weighted by Gasteiger charge is 2.15. The van der Waals surface area contributed by atoms with Crippen molar-refractivity contribution in [2.75, 3.05) is 0 Å². The average Bonchev–Trinajstić information content (AvgIpc) is 3.08. The molecule has 0 aliphatic carbocycles. The first-order valence-corrected chi connectivity index (χ1v) is 9.06. The van der Waals surface area contributed by atoms with Crippen LogP contribution < -0.4 is 4.72 Å². The maximum atomic E-state index is 12.3. The number of pyridine rings is 1. The third-order valence-electron chi connectivity index (χ3n) is 3.47. The molecule has 124 valence electrons. The molecular weight excluding hydrogens is 348 g/mol. The summed E-state index contributed by atoms with van der Waals surface area (Å²) in [6, 6.07) is 12.4. The van der Waals surface area contributed by atoms with Gasteiger partial charge >= 0.3 is 0 Å². The van der Waals surface area contributed by atoms with Gasteiger partial charge in [0.05, 0.1) is 6.54 Å². The van der Waals surface area contributed by atoms with E-state index in [0.29, 0.717) is 6.54 Å². The van der Waals surface area contributed by atoms with E-state index in [1.807, 2.05) is 36.5 Å². The largest absolute Gasteiger partial charge is 0.268 e. The number of aromatic nitrogens is 3. The van der Waals surface area contributed by atoms with Crippen molar-refractivity contribution in [1.29, 1.82) is 0 Å². The topological polar surface area (TPSA) is 76.9 Å². The molecule has 1 N–H and O–H groups in total. The Labute approximate surface area is 145 Å². The second-order valence-corrected chi connectivity index (χ2v) is 7.27. The molecule has 0 spiro atoms. The Kier molecular flexibility index (Phi) is 4.94. The zero-order valence-corrected chi connectivity index (χ0v) is 14.2. The van der Waals surface area contributed by atoms with Crippen LogP contribution in [-0.2, 0) is 23.1 Å². The van der Waals surface area contributed by atoms with Crippen LogP contribution in [0.15, 0.2) is 66.0 Å². The molecule has 0 amide bonds. The second kappa shape index (κ2) is 7.12. The maximum absolute atomic E-state index is 12.3. The van der Waals surface area contributed by atoms with Crippen LogP contribution in [0.4, 0.5) is 0 Å². The van der Waals surface area contributed by atoms with Crippen molar-refractivity contribution < 1.29 is 8.42 Å². The van der Waals surface area contributed by atoms with E-state index in [4.69, 9.17) is 11.6 Å². The van der Waals surface area contributed by atoms with Gasteiger partial charge < -0.3 is 0 Å². The monoisotopic (exact) mass is 362 g/mol. The number of sulfonamides is 1. The predicted octanol–water partition coefficient (Wildman–Crippen LogP) is 2.46. The zero-order valence-electron chi connectivity index (χ0n) is 12.6. The minimum Gasteiger partial charge on any atom is -0.268 e. The van der Waals surface area contributed by atoms with Crippen molar-refractivity contribution in [2.24, 2.45) is 0 Å². The van der Waals surface area contributed by atoms with Crippen LogP contribution in [0.3, 0.4) is 0 Å². The molecule has 3 aromatic rings. The third kappa shape index (κ3) is 4.00. The lowest BCUT2D eigenvalue weighted by atomic mass is 10.1. The molecule has 2 heterocycles. The van der Waals surface area contributed by atoms with Crippen molar-refractivity contribution in [1.82, 2.24) is 19.5 Å². The van der Waals surface area contributed by atoms with Crippen molar-refractivity contribution in [3.8, 4) is 0 Å². The summed E-state index contributed by atoms with van der Waals surface area (Å²) in [7, 11) is -3.65. The quantitative estimate of drug-likeness (QED) is 0.683. The summed E-state index contributed by atoms with van der Waals surface area (Å²) in [5.74, 6) is 0. The lowest BCUT2D eigenvalue weighted by Crippen LogP contribution is -2.24. The van der Waals surface area contributed by atoms with E-state index in [9.17, 15) is 8.42 Å². The molecule has 3 rings (SSSR count). The van der Waals surface area contributed by atoms with Gasteiger partial charge in [-0.1, -0.05) is 35.9 Å². The van der Waals surface area contributed by atoms with Gasteiger partial charge in [0.1, 0.15) is 10.0 Å². The van der Waals surface area contributed by atoms with Crippen LogP contribution in [0.25, 0.3) is 0 Å². The molecule has 0 saturated carbocycles. The SMILES string of the molecule is O=S(=O)(NCc1ccccc1Cn1cccn1)c1ccc(Cl)nc1. The first-order chi connectivity index (χ1) is 11.5. The zero-order chi connectivity index (χ0) is 17.0. The molecule has 0 aliphatic heterocycles. The van der Waals surface area contributed by atoms with E-state index in [1.54, 1.807) is 10.9 Å². The van der Waals surface area contributed by atoms with Gasteiger partial charge in [0.15, 0.2) is 0 Å². The second-order valence-electron chi connectivity index (χ2n) is 5.11. The molecule has 0 fully saturated rings. The minimum atomic E-state index is -3.65. The molecule has 1 aromatic carbocycles. The number of rotatable bonds is 6. The van der Waals surface area contributed by atoms with Gasteiger partial charge in [-0.15, -0.1) is 0 Å². The highest BCUT2D eigenvalue weighted by Crippen LogP contribution is 2.14. The Hall–Kier alpha value is -2.22.